The highest BCUT2D eigenvalue weighted by atomic mass is 35.5. The van der Waals surface area contributed by atoms with Gasteiger partial charge in [-0.25, -0.2) is 4.39 Å². The van der Waals surface area contributed by atoms with Crippen molar-refractivity contribution >= 4 is 29.4 Å². The molecule has 3 heteroatoms. The molecule has 0 aromatic heterocycles. The van der Waals surface area contributed by atoms with Gasteiger partial charge in [-0.2, -0.15) is 0 Å². The van der Waals surface area contributed by atoms with Gasteiger partial charge in [-0.15, -0.1) is 0 Å². The van der Waals surface area contributed by atoms with Crippen molar-refractivity contribution in [2.45, 2.75) is 0 Å². The van der Waals surface area contributed by atoms with Gasteiger partial charge in [-0.05, 0) is 35.9 Å². The lowest BCUT2D eigenvalue weighted by molar-refractivity contribution is 0.625. The van der Waals surface area contributed by atoms with Crippen molar-refractivity contribution in [3.63, 3.8) is 0 Å². The fourth-order valence-electron chi connectivity index (χ4n) is 1.61. The van der Waals surface area contributed by atoms with Crippen molar-refractivity contribution in [1.29, 1.82) is 0 Å². The molecule has 0 atom stereocenters. The van der Waals surface area contributed by atoms with E-state index in [1.165, 1.54) is 6.07 Å². The normalized spacial score (nSPS) is 10.8. The molecular formula is C15H13ClFN. The molecule has 18 heavy (non-hydrogen) atoms. The Morgan fingerprint density at radius 3 is 2.39 bits per heavy atom. The van der Waals surface area contributed by atoms with Gasteiger partial charge in [0.1, 0.15) is 5.82 Å². The molecule has 2 aromatic rings. The lowest BCUT2D eigenvalue weighted by atomic mass is 10.1. The van der Waals surface area contributed by atoms with Crippen LogP contribution in [-0.2, 0) is 0 Å². The molecule has 0 aliphatic carbocycles. The minimum atomic E-state index is -0.314. The molecule has 2 aromatic carbocycles. The van der Waals surface area contributed by atoms with Gasteiger partial charge in [0, 0.05) is 18.3 Å². The van der Waals surface area contributed by atoms with Crippen molar-refractivity contribution < 1.29 is 4.39 Å². The second-order valence-electron chi connectivity index (χ2n) is 3.84. The molecule has 0 amide bonds. The van der Waals surface area contributed by atoms with Gasteiger partial charge in [0.15, 0.2) is 0 Å². The van der Waals surface area contributed by atoms with Crippen molar-refractivity contribution in [2.75, 3.05) is 12.4 Å². The summed E-state index contributed by atoms with van der Waals surface area (Å²) in [6.07, 6.45) is 3.52. The summed E-state index contributed by atoms with van der Waals surface area (Å²) in [7, 11) is 1.87. The van der Waals surface area contributed by atoms with Crippen LogP contribution in [0.3, 0.4) is 0 Å². The minimum absolute atomic E-state index is 0.314. The summed E-state index contributed by atoms with van der Waals surface area (Å²) < 4.78 is 13.5. The third-order valence-electron chi connectivity index (χ3n) is 2.64. The molecular weight excluding hydrogens is 249 g/mol. The van der Waals surface area contributed by atoms with E-state index in [9.17, 15) is 4.39 Å². The van der Waals surface area contributed by atoms with Gasteiger partial charge in [0.25, 0.3) is 0 Å². The predicted molar refractivity (Wildman–Crippen MR) is 76.3 cm³/mol. The van der Waals surface area contributed by atoms with Gasteiger partial charge in [-0.3, -0.25) is 0 Å². The molecule has 0 radical (unpaired) electrons. The maximum Gasteiger partial charge on any atom is 0.131 e. The molecule has 0 saturated heterocycles. The Hall–Kier alpha value is -1.80. The maximum absolute atomic E-state index is 13.5. The molecule has 0 saturated carbocycles. The molecule has 0 fully saturated rings. The largest absolute Gasteiger partial charge is 0.388 e. The van der Waals surface area contributed by atoms with E-state index in [4.69, 9.17) is 11.6 Å². The van der Waals surface area contributed by atoms with Gasteiger partial charge >= 0.3 is 0 Å². The second-order valence-corrected chi connectivity index (χ2v) is 4.25. The average molecular weight is 262 g/mol. The zero-order valence-electron chi connectivity index (χ0n) is 9.95. The average Bonchev–Trinajstić information content (AvgIpc) is 2.39. The molecule has 2 rings (SSSR count). The van der Waals surface area contributed by atoms with E-state index in [0.717, 1.165) is 11.3 Å². The first kappa shape index (κ1) is 12.7. The lowest BCUT2D eigenvalue weighted by Gasteiger charge is -2.01. The third-order valence-corrected chi connectivity index (χ3v) is 2.97. The van der Waals surface area contributed by atoms with Crippen LogP contribution >= 0.6 is 11.6 Å². The molecule has 0 aliphatic rings. The Balaban J connectivity index is 2.24. The van der Waals surface area contributed by atoms with Crippen LogP contribution in [0.4, 0.5) is 10.1 Å². The van der Waals surface area contributed by atoms with E-state index in [-0.39, 0.29) is 5.82 Å². The summed E-state index contributed by atoms with van der Waals surface area (Å²) in [6, 6.07) is 12.5. The van der Waals surface area contributed by atoms with E-state index < -0.39 is 0 Å². The first-order valence-electron chi connectivity index (χ1n) is 5.60. The number of halogens is 2. The number of hydrogen-bond donors (Lipinski definition) is 1. The Labute approximate surface area is 111 Å². The Morgan fingerprint density at radius 2 is 1.78 bits per heavy atom. The highest BCUT2D eigenvalue weighted by Crippen LogP contribution is 2.21. The van der Waals surface area contributed by atoms with Crippen LogP contribution in [0, 0.1) is 5.82 Å². The zero-order valence-corrected chi connectivity index (χ0v) is 10.7. The van der Waals surface area contributed by atoms with Crippen molar-refractivity contribution in [3.8, 4) is 0 Å². The van der Waals surface area contributed by atoms with Crippen LogP contribution in [0.1, 0.15) is 11.1 Å². The highest BCUT2D eigenvalue weighted by Gasteiger charge is 2.02. The highest BCUT2D eigenvalue weighted by molar-refractivity contribution is 6.32. The van der Waals surface area contributed by atoms with Gasteiger partial charge < -0.3 is 5.32 Å². The molecule has 1 nitrogen and oxygen atoms in total. The van der Waals surface area contributed by atoms with Crippen LogP contribution in [0.2, 0.25) is 5.02 Å². The molecule has 1 N–H and O–H groups in total. The number of benzene rings is 2. The number of anilines is 1. The van der Waals surface area contributed by atoms with Crippen molar-refractivity contribution in [2.24, 2.45) is 0 Å². The molecule has 0 bridgehead atoms. The fourth-order valence-corrected chi connectivity index (χ4v) is 1.84. The topological polar surface area (TPSA) is 12.0 Å². The van der Waals surface area contributed by atoms with E-state index in [1.54, 1.807) is 18.2 Å². The van der Waals surface area contributed by atoms with Crippen LogP contribution < -0.4 is 5.32 Å². The Kier molecular flexibility index (Phi) is 4.00. The van der Waals surface area contributed by atoms with E-state index >= 15 is 0 Å². The van der Waals surface area contributed by atoms with E-state index in [2.05, 4.69) is 5.32 Å². The molecule has 0 unspecified atom stereocenters. The van der Waals surface area contributed by atoms with Crippen LogP contribution in [0.5, 0.6) is 0 Å². The lowest BCUT2D eigenvalue weighted by Crippen LogP contribution is -1.86. The van der Waals surface area contributed by atoms with Crippen LogP contribution in [-0.4, -0.2) is 7.05 Å². The zero-order chi connectivity index (χ0) is 13.0. The SMILES string of the molecule is CNc1ccc(/C=C/c2c(F)cccc2Cl)cc1. The summed E-state index contributed by atoms with van der Waals surface area (Å²) in [6.45, 7) is 0. The number of hydrogen-bond acceptors (Lipinski definition) is 1. The minimum Gasteiger partial charge on any atom is -0.388 e. The molecule has 0 aliphatic heterocycles. The van der Waals surface area contributed by atoms with Crippen LogP contribution in [0.25, 0.3) is 12.2 Å². The fraction of sp³-hybridized carbons (Fsp3) is 0.0667. The summed E-state index contributed by atoms with van der Waals surface area (Å²) in [5, 5.41) is 3.46. The number of nitrogens with one attached hydrogen (secondary N) is 1. The second kappa shape index (κ2) is 5.69. The first-order chi connectivity index (χ1) is 8.70. The first-order valence-corrected chi connectivity index (χ1v) is 5.98. The monoisotopic (exact) mass is 261 g/mol. The van der Waals surface area contributed by atoms with E-state index in [0.29, 0.717) is 10.6 Å². The Bertz CT molecular complexity index is 541. The summed E-state index contributed by atoms with van der Waals surface area (Å²) in [4.78, 5) is 0. The summed E-state index contributed by atoms with van der Waals surface area (Å²) in [5.74, 6) is -0.314. The maximum atomic E-state index is 13.5. The van der Waals surface area contributed by atoms with Crippen molar-refractivity contribution in [3.05, 3.63) is 64.4 Å². The predicted octanol–water partition coefficient (Wildman–Crippen LogP) is 4.69. The standard InChI is InChI=1S/C15H13ClFN/c1-18-12-8-5-11(6-9-12)7-10-13-14(16)3-2-4-15(13)17/h2-10,18H,1H3/b10-7+. The molecule has 92 valence electrons. The smallest absolute Gasteiger partial charge is 0.131 e. The Morgan fingerprint density at radius 1 is 1.06 bits per heavy atom. The summed E-state index contributed by atoms with van der Waals surface area (Å²) in [5.41, 5.74) is 2.45. The van der Waals surface area contributed by atoms with Gasteiger partial charge in [0.2, 0.25) is 0 Å². The van der Waals surface area contributed by atoms with Crippen LogP contribution in [0.15, 0.2) is 42.5 Å². The molecule has 0 heterocycles. The van der Waals surface area contributed by atoms with Gasteiger partial charge in [0.05, 0.1) is 5.02 Å². The number of rotatable bonds is 3. The van der Waals surface area contributed by atoms with E-state index in [1.807, 2.05) is 37.4 Å². The third kappa shape index (κ3) is 2.90. The van der Waals surface area contributed by atoms with Crippen molar-refractivity contribution in [1.82, 2.24) is 0 Å². The quantitative estimate of drug-likeness (QED) is 0.791. The summed E-state index contributed by atoms with van der Waals surface area (Å²) >= 11 is 5.94. The molecule has 0 spiro atoms. The van der Waals surface area contributed by atoms with Gasteiger partial charge in [-0.1, -0.05) is 35.9 Å².